The Morgan fingerprint density at radius 3 is 2.67 bits per heavy atom. The van der Waals surface area contributed by atoms with Crippen molar-refractivity contribution in [1.29, 1.82) is 5.26 Å². The molecular formula is C13H17NO3S. The molecule has 1 aromatic rings. The van der Waals surface area contributed by atoms with Crippen LogP contribution in [0.2, 0.25) is 0 Å². The molecule has 98 valence electrons. The molecule has 0 fully saturated rings. The topological polar surface area (TPSA) is 67.2 Å². The first-order chi connectivity index (χ1) is 8.48. The van der Waals surface area contributed by atoms with E-state index < -0.39 is 9.84 Å². The van der Waals surface area contributed by atoms with Gasteiger partial charge in [0.15, 0.2) is 9.84 Å². The highest BCUT2D eigenvalue weighted by molar-refractivity contribution is 7.90. The molecule has 4 nitrogen and oxygen atoms in total. The quantitative estimate of drug-likeness (QED) is 0.737. The first kappa shape index (κ1) is 14.7. The summed E-state index contributed by atoms with van der Waals surface area (Å²) in [4.78, 5) is 0. The van der Waals surface area contributed by atoms with Crippen LogP contribution in [0.15, 0.2) is 18.2 Å². The van der Waals surface area contributed by atoms with Gasteiger partial charge >= 0.3 is 0 Å². The summed E-state index contributed by atoms with van der Waals surface area (Å²) in [5, 5.41) is 8.75. The zero-order chi connectivity index (χ0) is 13.6. The molecule has 0 aliphatic carbocycles. The van der Waals surface area contributed by atoms with Crippen molar-refractivity contribution in [1.82, 2.24) is 0 Å². The fourth-order valence-corrected chi connectivity index (χ4v) is 3.16. The Hall–Kier alpha value is -1.38. The van der Waals surface area contributed by atoms with E-state index in [-0.39, 0.29) is 11.5 Å². The Kier molecular flexibility index (Phi) is 5.32. The lowest BCUT2D eigenvalue weighted by Crippen LogP contribution is -2.12. The predicted octanol–water partition coefficient (Wildman–Crippen LogP) is 1.82. The number of methoxy groups -OCH3 is 1. The maximum absolute atomic E-state index is 11.9. The Bertz CT molecular complexity index is 544. The number of hydrogen-bond acceptors (Lipinski definition) is 4. The van der Waals surface area contributed by atoms with E-state index in [9.17, 15) is 8.42 Å². The maximum Gasteiger partial charge on any atom is 0.154 e. The molecular weight excluding hydrogens is 250 g/mol. The number of sulfone groups is 1. The molecule has 0 heterocycles. The first-order valence-corrected chi connectivity index (χ1v) is 7.49. The van der Waals surface area contributed by atoms with Crippen molar-refractivity contribution in [3.05, 3.63) is 34.9 Å². The third-order valence-electron chi connectivity index (χ3n) is 2.65. The number of hydrogen-bond donors (Lipinski definition) is 0. The Labute approximate surface area is 108 Å². The number of aryl methyl sites for hydroxylation is 1. The van der Waals surface area contributed by atoms with Crippen LogP contribution in [0, 0.1) is 18.3 Å². The van der Waals surface area contributed by atoms with Gasteiger partial charge in [0.25, 0.3) is 0 Å². The van der Waals surface area contributed by atoms with Crippen molar-refractivity contribution in [2.24, 2.45) is 0 Å². The normalized spacial score (nSPS) is 11.2. The lowest BCUT2D eigenvalue weighted by Gasteiger charge is -2.07. The van der Waals surface area contributed by atoms with Crippen molar-refractivity contribution in [2.45, 2.75) is 19.1 Å². The summed E-state index contributed by atoms with van der Waals surface area (Å²) < 4.78 is 28.6. The highest BCUT2D eigenvalue weighted by Crippen LogP contribution is 2.14. The van der Waals surface area contributed by atoms with Gasteiger partial charge in [-0.3, -0.25) is 0 Å². The second-order valence-corrected chi connectivity index (χ2v) is 6.38. The SMILES string of the molecule is COCCCS(=O)(=O)Cc1ccc(C#N)cc1C. The van der Waals surface area contributed by atoms with Gasteiger partial charge in [-0.25, -0.2) is 8.42 Å². The molecule has 0 aliphatic rings. The summed E-state index contributed by atoms with van der Waals surface area (Å²) in [6.07, 6.45) is 0.508. The Balaban J connectivity index is 2.75. The van der Waals surface area contributed by atoms with E-state index in [0.29, 0.717) is 18.6 Å². The third kappa shape index (κ3) is 4.47. The third-order valence-corrected chi connectivity index (χ3v) is 4.31. The number of ether oxygens (including phenoxy) is 1. The van der Waals surface area contributed by atoms with Gasteiger partial charge in [0.2, 0.25) is 0 Å². The molecule has 0 saturated carbocycles. The second kappa shape index (κ2) is 6.53. The van der Waals surface area contributed by atoms with Crippen LogP contribution >= 0.6 is 0 Å². The van der Waals surface area contributed by atoms with Gasteiger partial charge in [-0.05, 0) is 36.6 Å². The minimum Gasteiger partial charge on any atom is -0.385 e. The van der Waals surface area contributed by atoms with Crippen LogP contribution in [0.1, 0.15) is 23.1 Å². The molecule has 0 N–H and O–H groups in total. The summed E-state index contributed by atoms with van der Waals surface area (Å²) in [7, 11) is -1.56. The van der Waals surface area contributed by atoms with E-state index in [1.54, 1.807) is 25.3 Å². The molecule has 0 aromatic heterocycles. The van der Waals surface area contributed by atoms with Crippen LogP contribution in [0.4, 0.5) is 0 Å². The lowest BCUT2D eigenvalue weighted by molar-refractivity contribution is 0.199. The summed E-state index contributed by atoms with van der Waals surface area (Å²) in [5.41, 5.74) is 2.14. The van der Waals surface area contributed by atoms with Crippen LogP contribution in [0.25, 0.3) is 0 Å². The molecule has 0 bridgehead atoms. The van der Waals surface area contributed by atoms with Crippen molar-refractivity contribution < 1.29 is 13.2 Å². The first-order valence-electron chi connectivity index (χ1n) is 5.67. The van der Waals surface area contributed by atoms with Gasteiger partial charge in [0.1, 0.15) is 0 Å². The minimum atomic E-state index is -3.11. The smallest absolute Gasteiger partial charge is 0.154 e. The summed E-state index contributed by atoms with van der Waals surface area (Å²) in [6, 6.07) is 7.10. The van der Waals surface area contributed by atoms with Crippen molar-refractivity contribution in [3.8, 4) is 6.07 Å². The molecule has 0 saturated heterocycles. The van der Waals surface area contributed by atoms with Crippen molar-refractivity contribution in [2.75, 3.05) is 19.5 Å². The number of nitrogens with zero attached hydrogens (tertiary/aromatic N) is 1. The largest absolute Gasteiger partial charge is 0.385 e. The number of nitriles is 1. The Morgan fingerprint density at radius 1 is 1.39 bits per heavy atom. The monoisotopic (exact) mass is 267 g/mol. The van der Waals surface area contributed by atoms with Gasteiger partial charge in [-0.1, -0.05) is 6.07 Å². The lowest BCUT2D eigenvalue weighted by atomic mass is 10.1. The van der Waals surface area contributed by atoms with Crippen LogP contribution in [0.5, 0.6) is 0 Å². The highest BCUT2D eigenvalue weighted by atomic mass is 32.2. The maximum atomic E-state index is 11.9. The Morgan fingerprint density at radius 2 is 2.11 bits per heavy atom. The van der Waals surface area contributed by atoms with E-state index in [2.05, 4.69) is 0 Å². The van der Waals surface area contributed by atoms with Crippen LogP contribution in [0.3, 0.4) is 0 Å². The van der Waals surface area contributed by atoms with Crippen molar-refractivity contribution >= 4 is 9.84 Å². The molecule has 18 heavy (non-hydrogen) atoms. The molecule has 0 aliphatic heterocycles. The molecule has 1 aromatic carbocycles. The van der Waals surface area contributed by atoms with Gasteiger partial charge < -0.3 is 4.74 Å². The van der Waals surface area contributed by atoms with Crippen molar-refractivity contribution in [3.63, 3.8) is 0 Å². The highest BCUT2D eigenvalue weighted by Gasteiger charge is 2.13. The predicted molar refractivity (Wildman–Crippen MR) is 69.9 cm³/mol. The zero-order valence-electron chi connectivity index (χ0n) is 10.6. The average Bonchev–Trinajstić information content (AvgIpc) is 2.31. The fourth-order valence-electron chi connectivity index (χ4n) is 1.66. The molecule has 1 rings (SSSR count). The van der Waals surface area contributed by atoms with Crippen LogP contribution in [-0.4, -0.2) is 27.9 Å². The summed E-state index contributed by atoms with van der Waals surface area (Å²) in [5.74, 6) is 0.147. The van der Waals surface area contributed by atoms with Gasteiger partial charge in [-0.2, -0.15) is 5.26 Å². The van der Waals surface area contributed by atoms with E-state index in [0.717, 1.165) is 11.1 Å². The summed E-state index contributed by atoms with van der Waals surface area (Å²) >= 11 is 0. The van der Waals surface area contributed by atoms with E-state index in [1.807, 2.05) is 13.0 Å². The van der Waals surface area contributed by atoms with Crippen LogP contribution < -0.4 is 0 Å². The van der Waals surface area contributed by atoms with E-state index in [4.69, 9.17) is 10.00 Å². The van der Waals surface area contributed by atoms with E-state index in [1.165, 1.54) is 0 Å². The minimum absolute atomic E-state index is 0.0221. The molecule has 0 atom stereocenters. The van der Waals surface area contributed by atoms with Gasteiger partial charge in [0.05, 0.1) is 23.1 Å². The molecule has 0 spiro atoms. The van der Waals surface area contributed by atoms with E-state index >= 15 is 0 Å². The van der Waals surface area contributed by atoms with Gasteiger partial charge in [-0.15, -0.1) is 0 Å². The number of rotatable bonds is 6. The second-order valence-electron chi connectivity index (χ2n) is 4.19. The van der Waals surface area contributed by atoms with Gasteiger partial charge in [0, 0.05) is 13.7 Å². The van der Waals surface area contributed by atoms with Crippen LogP contribution in [-0.2, 0) is 20.3 Å². The molecule has 5 heteroatoms. The fraction of sp³-hybridized carbons (Fsp3) is 0.462. The molecule has 0 amide bonds. The summed E-state index contributed by atoms with van der Waals surface area (Å²) in [6.45, 7) is 2.27. The zero-order valence-corrected chi connectivity index (χ0v) is 11.5. The number of benzene rings is 1. The standard InChI is InChI=1S/C13H17NO3S/c1-11-8-12(9-14)4-5-13(11)10-18(15,16)7-3-6-17-2/h4-5,8H,3,6-7,10H2,1-2H3. The average molecular weight is 267 g/mol. The molecule has 0 unspecified atom stereocenters. The molecule has 0 radical (unpaired) electrons.